The number of carbonyl (C=O) groups is 1. The van der Waals surface area contributed by atoms with Crippen LogP contribution in [0.5, 0.6) is 0 Å². The summed E-state index contributed by atoms with van der Waals surface area (Å²) in [5, 5.41) is 1.90. The van der Waals surface area contributed by atoms with E-state index in [2.05, 4.69) is 5.32 Å². The van der Waals surface area contributed by atoms with Crippen molar-refractivity contribution in [3.8, 4) is 0 Å². The molecule has 156 valence electrons. The zero-order chi connectivity index (χ0) is 34.1. The Morgan fingerprint density at radius 2 is 1.96 bits per heavy atom. The summed E-state index contributed by atoms with van der Waals surface area (Å²) in [5.74, 6) is -0.566. The minimum absolute atomic E-state index is 0.0552. The second-order valence-electron chi connectivity index (χ2n) is 6.56. The van der Waals surface area contributed by atoms with Gasteiger partial charge in [0, 0.05) is 62.4 Å². The highest BCUT2D eigenvalue weighted by atomic mass is 35.5. The van der Waals surface area contributed by atoms with Crippen LogP contribution in [0, 0.1) is 5.92 Å². The third-order valence-corrected chi connectivity index (χ3v) is 5.44. The smallest absolute Gasteiger partial charge is 0.317 e. The number of halogens is 2. The van der Waals surface area contributed by atoms with E-state index in [0.717, 1.165) is 6.07 Å². The van der Waals surface area contributed by atoms with Crippen LogP contribution in [-0.4, -0.2) is 68.3 Å². The van der Waals surface area contributed by atoms with Crippen molar-refractivity contribution in [3.63, 3.8) is 0 Å². The molecule has 2 amide bonds. The highest BCUT2D eigenvalue weighted by molar-refractivity contribution is 6.43. The Hall–Kier alpha value is -1.17. The molecule has 1 aliphatic heterocycles. The van der Waals surface area contributed by atoms with Crippen molar-refractivity contribution in [3.05, 3.63) is 28.2 Å². The van der Waals surface area contributed by atoms with E-state index in [0.29, 0.717) is 0 Å². The summed E-state index contributed by atoms with van der Waals surface area (Å²) >= 11 is 12.2. The zero-order valence-corrected chi connectivity index (χ0v) is 16.4. The normalized spacial score (nSPS) is 40.6. The molecule has 0 radical (unpaired) electrons. The van der Waals surface area contributed by atoms with E-state index < -0.39 is 76.5 Å². The van der Waals surface area contributed by atoms with Crippen molar-refractivity contribution in [2.24, 2.45) is 5.92 Å². The zero-order valence-electron chi connectivity index (χ0n) is 30.9. The second-order valence-corrected chi connectivity index (χ2v) is 7.34. The average Bonchev–Trinajstić information content (AvgIpc) is 2.79. The summed E-state index contributed by atoms with van der Waals surface area (Å²) in [4.78, 5) is 12.4. The van der Waals surface area contributed by atoms with Crippen molar-refractivity contribution in [1.29, 1.82) is 0 Å². The molecule has 1 aromatic carbocycles. The number of benzene rings is 1. The molecule has 1 heterocycles. The predicted octanol–water partition coefficient (Wildman–Crippen LogP) is 4.34. The molecule has 5 nitrogen and oxygen atoms in total. The molecule has 0 spiro atoms. The van der Waals surface area contributed by atoms with Crippen LogP contribution >= 0.6 is 23.2 Å². The van der Waals surface area contributed by atoms with Gasteiger partial charge >= 0.3 is 6.03 Å². The Kier molecular flexibility index (Phi) is 3.19. The quantitative estimate of drug-likeness (QED) is 0.736. The third-order valence-electron chi connectivity index (χ3n) is 4.63. The van der Waals surface area contributed by atoms with Crippen molar-refractivity contribution in [2.75, 3.05) is 51.3 Å². The van der Waals surface area contributed by atoms with E-state index >= 15 is 0 Å². The minimum Gasteiger partial charge on any atom is -0.368 e. The summed E-state index contributed by atoms with van der Waals surface area (Å²) < 4.78 is 131. The van der Waals surface area contributed by atoms with Crippen LogP contribution in [0.4, 0.5) is 10.5 Å². The molecule has 2 aliphatic rings. The van der Waals surface area contributed by atoms with Gasteiger partial charge < -0.3 is 15.1 Å². The number of hydrogen-bond acceptors (Lipinski definition) is 3. The lowest BCUT2D eigenvalue weighted by atomic mass is 9.84. The van der Waals surface area contributed by atoms with E-state index in [1.807, 2.05) is 0 Å². The van der Waals surface area contributed by atoms with E-state index in [1.54, 1.807) is 0 Å². The summed E-state index contributed by atoms with van der Waals surface area (Å²) in [6, 6.07) is 1.78. The van der Waals surface area contributed by atoms with Crippen LogP contribution in [0.15, 0.2) is 18.2 Å². The summed E-state index contributed by atoms with van der Waals surface area (Å²) in [6.07, 6.45) is 0.120. The van der Waals surface area contributed by atoms with Gasteiger partial charge in [0.2, 0.25) is 0 Å². The number of urea groups is 1. The fourth-order valence-electron chi connectivity index (χ4n) is 3.09. The Labute approximate surface area is 201 Å². The molecule has 0 atom stereocenters. The Morgan fingerprint density at radius 3 is 2.64 bits per heavy atom. The molecule has 1 N–H and O–H groups in total. The van der Waals surface area contributed by atoms with Gasteiger partial charge in [-0.1, -0.05) is 29.3 Å². The van der Waals surface area contributed by atoms with E-state index in [4.69, 9.17) is 45.1 Å². The second kappa shape index (κ2) is 10.0. The molecule has 0 unspecified atom stereocenters. The average molecular weight is 444 g/mol. The first-order chi connectivity index (χ1) is 19.6. The molecule has 1 aromatic rings. The van der Waals surface area contributed by atoms with Crippen LogP contribution in [-0.2, 0) is 0 Å². The van der Waals surface area contributed by atoms with Crippen molar-refractivity contribution in [1.82, 2.24) is 15.1 Å². The topological polar surface area (TPSA) is 38.8 Å². The lowest BCUT2D eigenvalue weighted by Gasteiger charge is -2.37. The number of piperazine rings is 1. The molecule has 7 heteroatoms. The lowest BCUT2D eigenvalue weighted by Crippen LogP contribution is -2.47. The largest absolute Gasteiger partial charge is 0.368 e. The number of nitrogens with one attached hydrogen (secondary N) is 1. The highest BCUT2D eigenvalue weighted by Gasteiger charge is 2.24. The Morgan fingerprint density at radius 1 is 1.25 bits per heavy atom. The monoisotopic (exact) mass is 442 g/mol. The molecule has 0 aromatic heterocycles. The SMILES string of the molecule is [2H]C([2H])([2H])N(C(=O)NC1CCC(CC([2H])([2H])N2C([2H])([2H])C([2H])([2H])N(c3cccc(Cl)c3Cl)C([2H])([2H])C2([2H])[2H])CC1)C([2H])([2H])[2H]. The van der Waals surface area contributed by atoms with Crippen LogP contribution in [0.25, 0.3) is 0 Å². The predicted molar refractivity (Wildman–Crippen MR) is 118 cm³/mol. The number of carbonyl (C=O) groups excluding carboxylic acids is 1. The number of rotatable bonds is 5. The summed E-state index contributed by atoms with van der Waals surface area (Å²) in [6.45, 7) is -23.1. The van der Waals surface area contributed by atoms with Gasteiger partial charge in [0.25, 0.3) is 0 Å². The van der Waals surface area contributed by atoms with E-state index in [1.165, 1.54) is 12.1 Å². The highest BCUT2D eigenvalue weighted by Crippen LogP contribution is 2.33. The Balaban J connectivity index is 1.84. The van der Waals surface area contributed by atoms with Crippen LogP contribution in [0.2, 0.25) is 10.0 Å². The third kappa shape index (κ3) is 5.68. The first kappa shape index (κ1) is 8.91. The van der Waals surface area contributed by atoms with Gasteiger partial charge in [-0.05, 0) is 56.7 Å². The molecule has 2 fully saturated rings. The van der Waals surface area contributed by atoms with Crippen molar-refractivity contribution >= 4 is 34.9 Å². The fourth-order valence-corrected chi connectivity index (χ4v) is 3.47. The summed E-state index contributed by atoms with van der Waals surface area (Å²) in [7, 11) is 0. The number of nitrogens with zero attached hydrogens (tertiary/aromatic N) is 3. The molecule has 1 aliphatic carbocycles. The molecule has 3 rings (SSSR count). The maximum absolute atomic E-state index is 12.5. The Bertz CT molecular complexity index is 1190. The van der Waals surface area contributed by atoms with Gasteiger partial charge in [-0.15, -0.1) is 0 Å². The molecule has 1 saturated heterocycles. The van der Waals surface area contributed by atoms with Crippen molar-refractivity contribution < 1.29 is 26.7 Å². The van der Waals surface area contributed by atoms with Gasteiger partial charge in [0.15, 0.2) is 0 Å². The first-order valence-corrected chi connectivity index (χ1v) is 9.53. The number of anilines is 1. The molecule has 28 heavy (non-hydrogen) atoms. The van der Waals surface area contributed by atoms with E-state index in [-0.39, 0.29) is 50.4 Å². The van der Waals surface area contributed by atoms with Crippen LogP contribution in [0.1, 0.15) is 54.0 Å². The standard InChI is InChI=1S/C21H32Cl2N4O/c1-25(2)21(28)24-17-8-6-16(7-9-17)10-11-26-12-14-27(15-13-26)19-5-3-4-18(22)20(19)23/h3-5,16-17H,6-15H2,1-2H3,(H,24,28)/i1D3,2D3,11D2,12D2,13D2,14D2,15D2. The van der Waals surface area contributed by atoms with Gasteiger partial charge in [0.1, 0.15) is 0 Å². The fraction of sp³-hybridized carbons (Fsp3) is 0.667. The molecular weight excluding hydrogens is 395 g/mol. The van der Waals surface area contributed by atoms with Gasteiger partial charge in [-0.3, -0.25) is 4.90 Å². The summed E-state index contributed by atoms with van der Waals surface area (Å²) in [5.41, 5.74) is -0.432. The maximum atomic E-state index is 12.5. The first-order valence-electron chi connectivity index (χ1n) is 16.8. The molecule has 1 saturated carbocycles. The van der Waals surface area contributed by atoms with Crippen LogP contribution in [0.3, 0.4) is 0 Å². The van der Waals surface area contributed by atoms with Gasteiger partial charge in [0.05, 0.1) is 21.2 Å². The van der Waals surface area contributed by atoms with Crippen molar-refractivity contribution in [2.45, 2.75) is 38.1 Å². The lowest BCUT2D eigenvalue weighted by molar-refractivity contribution is 0.194. The van der Waals surface area contributed by atoms with E-state index in [9.17, 15) is 4.79 Å². The molecular formula is C21H32Cl2N4O. The maximum Gasteiger partial charge on any atom is 0.317 e. The van der Waals surface area contributed by atoms with Gasteiger partial charge in [-0.25, -0.2) is 4.79 Å². The van der Waals surface area contributed by atoms with Crippen LogP contribution < -0.4 is 10.2 Å². The number of amides is 2. The minimum atomic E-state index is -3.48. The van der Waals surface area contributed by atoms with Gasteiger partial charge in [-0.2, -0.15) is 0 Å². The number of hydrogen-bond donors (Lipinski definition) is 1. The molecule has 0 bridgehead atoms.